The highest BCUT2D eigenvalue weighted by Crippen LogP contribution is 2.35. The third-order valence-corrected chi connectivity index (χ3v) is 6.54. The molecule has 1 amide bonds. The fourth-order valence-corrected chi connectivity index (χ4v) is 4.54. The lowest BCUT2D eigenvalue weighted by Crippen LogP contribution is -2.17. The van der Waals surface area contributed by atoms with Crippen LogP contribution >= 0.6 is 11.6 Å². The van der Waals surface area contributed by atoms with Crippen molar-refractivity contribution in [3.8, 4) is 16.9 Å². The van der Waals surface area contributed by atoms with Crippen LogP contribution in [-0.2, 0) is 16.2 Å². The van der Waals surface area contributed by atoms with Crippen LogP contribution in [-0.4, -0.2) is 25.2 Å². The average molecular weight is 513 g/mol. The van der Waals surface area contributed by atoms with E-state index in [4.69, 9.17) is 11.6 Å². The van der Waals surface area contributed by atoms with Crippen LogP contribution < -0.4 is 10.0 Å². The lowest BCUT2D eigenvalue weighted by molar-refractivity contribution is -0.137. The van der Waals surface area contributed by atoms with Gasteiger partial charge in [0.05, 0.1) is 17.0 Å². The molecule has 0 aromatic heterocycles. The van der Waals surface area contributed by atoms with Crippen LogP contribution in [0.4, 0.5) is 24.5 Å². The minimum Gasteiger partial charge on any atom is -0.506 e. The molecule has 0 saturated heterocycles. The van der Waals surface area contributed by atoms with Gasteiger partial charge in [-0.2, -0.15) is 13.2 Å². The zero-order valence-electron chi connectivity index (χ0n) is 17.8. The summed E-state index contributed by atoms with van der Waals surface area (Å²) in [5.41, 5.74) is 0.456. The molecular formula is C23H20ClF3N2O4S. The summed E-state index contributed by atoms with van der Waals surface area (Å²) >= 11 is 6.02. The van der Waals surface area contributed by atoms with Crippen molar-refractivity contribution in [1.29, 1.82) is 0 Å². The summed E-state index contributed by atoms with van der Waals surface area (Å²) < 4.78 is 64.7. The van der Waals surface area contributed by atoms with Crippen molar-refractivity contribution in [2.75, 3.05) is 15.8 Å². The predicted octanol–water partition coefficient (Wildman–Crippen LogP) is 6.14. The highest BCUT2D eigenvalue weighted by atomic mass is 35.5. The molecule has 0 bridgehead atoms. The Morgan fingerprint density at radius 2 is 1.71 bits per heavy atom. The van der Waals surface area contributed by atoms with Gasteiger partial charge >= 0.3 is 6.18 Å². The molecule has 3 rings (SSSR count). The second-order valence-corrected chi connectivity index (χ2v) is 9.63. The van der Waals surface area contributed by atoms with Gasteiger partial charge in [0, 0.05) is 21.8 Å². The Balaban J connectivity index is 1.76. The first kappa shape index (κ1) is 25.4. The lowest BCUT2D eigenvalue weighted by Gasteiger charge is -2.12. The number of phenolic OH excluding ortho intramolecular Hbond substituents is 1. The number of hydrogen-bond acceptors (Lipinski definition) is 4. The number of hydrogen-bond donors (Lipinski definition) is 3. The normalized spacial score (nSPS) is 11.8. The number of amides is 1. The molecule has 3 N–H and O–H groups in total. The van der Waals surface area contributed by atoms with Crippen molar-refractivity contribution >= 4 is 38.9 Å². The fraction of sp³-hybridized carbons (Fsp3) is 0.174. The molecule has 3 aromatic rings. The molecule has 0 saturated carbocycles. The Hall–Kier alpha value is -3.24. The second-order valence-electron chi connectivity index (χ2n) is 7.38. The first-order chi connectivity index (χ1) is 15.9. The maximum atomic E-state index is 12.8. The molecule has 0 aliphatic carbocycles. The Morgan fingerprint density at radius 1 is 1.03 bits per heavy atom. The highest BCUT2D eigenvalue weighted by molar-refractivity contribution is 7.92. The van der Waals surface area contributed by atoms with E-state index in [0.29, 0.717) is 17.5 Å². The Morgan fingerprint density at radius 3 is 2.29 bits per heavy atom. The van der Waals surface area contributed by atoms with Gasteiger partial charge in [0.1, 0.15) is 5.75 Å². The molecular weight excluding hydrogens is 493 g/mol. The maximum absolute atomic E-state index is 12.8. The number of aromatic hydroxyl groups is 1. The van der Waals surface area contributed by atoms with Crippen molar-refractivity contribution in [3.63, 3.8) is 0 Å². The smallest absolute Gasteiger partial charge is 0.416 e. The number of benzene rings is 3. The van der Waals surface area contributed by atoms with E-state index in [9.17, 15) is 31.5 Å². The predicted molar refractivity (Wildman–Crippen MR) is 126 cm³/mol. The number of anilines is 2. The van der Waals surface area contributed by atoms with Crippen LogP contribution in [0.5, 0.6) is 5.75 Å². The van der Waals surface area contributed by atoms with E-state index in [-0.39, 0.29) is 33.5 Å². The van der Waals surface area contributed by atoms with E-state index in [1.165, 1.54) is 36.4 Å². The summed E-state index contributed by atoms with van der Waals surface area (Å²) in [4.78, 5) is 12.6. The van der Waals surface area contributed by atoms with Crippen LogP contribution in [0.1, 0.15) is 29.3 Å². The van der Waals surface area contributed by atoms with E-state index < -0.39 is 27.7 Å². The first-order valence-corrected chi connectivity index (χ1v) is 12.0. The van der Waals surface area contributed by atoms with Gasteiger partial charge in [-0.05, 0) is 54.4 Å². The van der Waals surface area contributed by atoms with Gasteiger partial charge in [0.25, 0.3) is 5.91 Å². The molecule has 0 aliphatic rings. The quantitative estimate of drug-likeness (QED) is 0.262. The molecule has 0 spiro atoms. The number of phenols is 1. The SMILES string of the molecule is CCCS(=O)(=O)Nc1cc(NC(=O)c2ccc(-c3ccc(C(F)(F)F)cc3Cl)cc2)ccc1O. The number of sulfonamides is 1. The third-order valence-electron chi connectivity index (χ3n) is 4.75. The van der Waals surface area contributed by atoms with E-state index in [0.717, 1.165) is 12.1 Å². The largest absolute Gasteiger partial charge is 0.506 e. The van der Waals surface area contributed by atoms with Crippen molar-refractivity contribution in [3.05, 3.63) is 76.8 Å². The zero-order chi connectivity index (χ0) is 25.1. The number of halogens is 4. The van der Waals surface area contributed by atoms with Gasteiger partial charge in [0.2, 0.25) is 10.0 Å². The Labute approximate surface area is 199 Å². The monoisotopic (exact) mass is 512 g/mol. The van der Waals surface area contributed by atoms with Crippen LogP contribution in [0.2, 0.25) is 5.02 Å². The molecule has 34 heavy (non-hydrogen) atoms. The Bertz CT molecular complexity index is 1310. The lowest BCUT2D eigenvalue weighted by atomic mass is 10.0. The molecule has 180 valence electrons. The van der Waals surface area contributed by atoms with Gasteiger partial charge in [-0.1, -0.05) is 36.7 Å². The summed E-state index contributed by atoms with van der Waals surface area (Å²) in [6, 6.07) is 13.0. The standard InChI is InChI=1S/C23H20ClF3N2O4S/c1-2-11-34(32,33)29-20-13-17(8-10-21(20)30)28-22(31)15-5-3-14(4-6-15)18-9-7-16(12-19(18)24)23(25,26)27/h3-10,12-13,29-30H,2,11H2,1H3,(H,28,31). The summed E-state index contributed by atoms with van der Waals surface area (Å²) in [7, 11) is -3.65. The molecule has 6 nitrogen and oxygen atoms in total. The van der Waals surface area contributed by atoms with E-state index >= 15 is 0 Å². The van der Waals surface area contributed by atoms with Gasteiger partial charge in [-0.25, -0.2) is 8.42 Å². The number of alkyl halides is 3. The van der Waals surface area contributed by atoms with Crippen LogP contribution in [0.15, 0.2) is 60.7 Å². The van der Waals surface area contributed by atoms with Crippen molar-refractivity contribution in [2.24, 2.45) is 0 Å². The summed E-state index contributed by atoms with van der Waals surface area (Å²) in [6.07, 6.45) is -4.12. The molecule has 0 atom stereocenters. The maximum Gasteiger partial charge on any atom is 0.416 e. The van der Waals surface area contributed by atoms with Crippen molar-refractivity contribution < 1.29 is 31.5 Å². The topological polar surface area (TPSA) is 95.5 Å². The van der Waals surface area contributed by atoms with Crippen LogP contribution in [0, 0.1) is 0 Å². The van der Waals surface area contributed by atoms with Gasteiger partial charge in [0.15, 0.2) is 0 Å². The molecule has 0 fully saturated rings. The highest BCUT2D eigenvalue weighted by Gasteiger charge is 2.31. The molecule has 0 unspecified atom stereocenters. The van der Waals surface area contributed by atoms with E-state index in [1.807, 2.05) is 0 Å². The molecule has 0 heterocycles. The minimum atomic E-state index is -4.51. The van der Waals surface area contributed by atoms with Crippen molar-refractivity contribution in [2.45, 2.75) is 19.5 Å². The molecule has 0 radical (unpaired) electrons. The summed E-state index contributed by atoms with van der Waals surface area (Å²) in [5.74, 6) is -0.938. The van der Waals surface area contributed by atoms with Crippen LogP contribution in [0.3, 0.4) is 0 Å². The van der Waals surface area contributed by atoms with Gasteiger partial charge in [-0.15, -0.1) is 0 Å². The summed E-state index contributed by atoms with van der Waals surface area (Å²) in [5, 5.41) is 12.5. The summed E-state index contributed by atoms with van der Waals surface area (Å²) in [6.45, 7) is 1.70. The number of rotatable bonds is 7. The van der Waals surface area contributed by atoms with Gasteiger partial charge in [-0.3, -0.25) is 9.52 Å². The number of carbonyl (C=O) groups excluding carboxylic acids is 1. The van der Waals surface area contributed by atoms with E-state index in [2.05, 4.69) is 10.0 Å². The second kappa shape index (κ2) is 9.94. The molecule has 3 aromatic carbocycles. The number of carbonyl (C=O) groups is 1. The average Bonchev–Trinajstić information content (AvgIpc) is 2.75. The minimum absolute atomic E-state index is 0.0708. The Kier molecular flexibility index (Phi) is 7.42. The first-order valence-electron chi connectivity index (χ1n) is 10.0. The van der Waals surface area contributed by atoms with Gasteiger partial charge < -0.3 is 10.4 Å². The van der Waals surface area contributed by atoms with Crippen molar-refractivity contribution in [1.82, 2.24) is 0 Å². The molecule has 11 heteroatoms. The van der Waals surface area contributed by atoms with Crippen LogP contribution in [0.25, 0.3) is 11.1 Å². The third kappa shape index (κ3) is 6.21. The van der Waals surface area contributed by atoms with E-state index in [1.54, 1.807) is 19.1 Å². The fourth-order valence-electron chi connectivity index (χ4n) is 3.11. The number of nitrogens with one attached hydrogen (secondary N) is 2. The zero-order valence-corrected chi connectivity index (χ0v) is 19.4. The molecule has 0 aliphatic heterocycles.